The van der Waals surface area contributed by atoms with E-state index < -0.39 is 11.4 Å². The molecule has 1 N–H and O–H groups in total. The van der Waals surface area contributed by atoms with E-state index in [1.807, 2.05) is 6.07 Å². The van der Waals surface area contributed by atoms with Crippen molar-refractivity contribution in [3.05, 3.63) is 24.3 Å². The molecule has 0 bridgehead atoms. The van der Waals surface area contributed by atoms with Crippen LogP contribution in [0.1, 0.15) is 50.4 Å². The van der Waals surface area contributed by atoms with Crippen molar-refractivity contribution >= 4 is 17.0 Å². The Hall–Kier alpha value is -1.91. The lowest BCUT2D eigenvalue weighted by Gasteiger charge is -2.23. The van der Waals surface area contributed by atoms with Crippen molar-refractivity contribution in [3.63, 3.8) is 0 Å². The van der Waals surface area contributed by atoms with Gasteiger partial charge in [0.25, 0.3) is 0 Å². The van der Waals surface area contributed by atoms with E-state index in [1.54, 1.807) is 12.4 Å². The highest BCUT2D eigenvalue weighted by atomic mass is 16.4. The number of nitrogens with zero attached hydrogens (tertiary/aromatic N) is 3. The smallest absolute Gasteiger partial charge is 0.310 e. The van der Waals surface area contributed by atoms with Crippen molar-refractivity contribution in [3.8, 4) is 0 Å². The molecule has 0 saturated heterocycles. The number of imidazole rings is 1. The van der Waals surface area contributed by atoms with Crippen LogP contribution < -0.4 is 0 Å². The SMILES string of the molecule is O=C(O)C1(Cc2nc3cnccc3n2C2CC2)CCCC1. The summed E-state index contributed by atoms with van der Waals surface area (Å²) in [5.74, 6) is 0.275. The summed E-state index contributed by atoms with van der Waals surface area (Å²) in [5, 5.41) is 9.70. The normalized spacial score (nSPS) is 21.0. The van der Waals surface area contributed by atoms with Gasteiger partial charge in [-0.05, 0) is 31.7 Å². The van der Waals surface area contributed by atoms with Crippen molar-refractivity contribution in [2.75, 3.05) is 0 Å². The minimum atomic E-state index is -0.660. The van der Waals surface area contributed by atoms with Gasteiger partial charge in [-0.3, -0.25) is 9.78 Å². The predicted octanol–water partition coefficient (Wildman–Crippen LogP) is 2.95. The number of hydrogen-bond acceptors (Lipinski definition) is 3. The van der Waals surface area contributed by atoms with Crippen LogP contribution in [0, 0.1) is 5.41 Å². The fraction of sp³-hybridized carbons (Fsp3) is 0.562. The summed E-state index contributed by atoms with van der Waals surface area (Å²) in [6, 6.07) is 2.49. The Labute approximate surface area is 123 Å². The summed E-state index contributed by atoms with van der Waals surface area (Å²) in [5.41, 5.74) is 1.38. The molecule has 4 rings (SSSR count). The molecule has 2 aromatic heterocycles. The molecule has 110 valence electrons. The zero-order valence-electron chi connectivity index (χ0n) is 12.0. The van der Waals surface area contributed by atoms with E-state index >= 15 is 0 Å². The van der Waals surface area contributed by atoms with Gasteiger partial charge in [0, 0.05) is 18.7 Å². The van der Waals surface area contributed by atoms with Crippen molar-refractivity contribution in [2.24, 2.45) is 5.41 Å². The highest BCUT2D eigenvalue weighted by molar-refractivity contribution is 5.77. The molecule has 0 aliphatic heterocycles. The van der Waals surface area contributed by atoms with Crippen LogP contribution in [0.3, 0.4) is 0 Å². The lowest BCUT2D eigenvalue weighted by molar-refractivity contribution is -0.148. The third-order valence-electron chi connectivity index (χ3n) is 4.99. The first kappa shape index (κ1) is 12.8. The van der Waals surface area contributed by atoms with E-state index in [0.717, 1.165) is 42.5 Å². The first-order valence-electron chi connectivity index (χ1n) is 7.74. The van der Waals surface area contributed by atoms with Gasteiger partial charge in [0.2, 0.25) is 0 Å². The summed E-state index contributed by atoms with van der Waals surface area (Å²) in [4.78, 5) is 20.6. The van der Waals surface area contributed by atoms with Gasteiger partial charge < -0.3 is 9.67 Å². The van der Waals surface area contributed by atoms with E-state index in [4.69, 9.17) is 4.98 Å². The molecular formula is C16H19N3O2. The number of fused-ring (bicyclic) bond motifs is 1. The largest absolute Gasteiger partial charge is 0.481 e. The maximum absolute atomic E-state index is 11.8. The molecule has 5 nitrogen and oxygen atoms in total. The first-order chi connectivity index (χ1) is 10.2. The fourth-order valence-electron chi connectivity index (χ4n) is 3.69. The molecule has 0 atom stereocenters. The molecule has 21 heavy (non-hydrogen) atoms. The van der Waals surface area contributed by atoms with Crippen LogP contribution in [0.4, 0.5) is 0 Å². The minimum absolute atomic E-state index is 0.500. The van der Waals surface area contributed by atoms with Crippen LogP contribution >= 0.6 is 0 Å². The quantitative estimate of drug-likeness (QED) is 0.937. The Kier molecular flexibility index (Phi) is 2.77. The van der Waals surface area contributed by atoms with E-state index in [2.05, 4.69) is 9.55 Å². The summed E-state index contributed by atoms with van der Waals surface area (Å²) in [7, 11) is 0. The molecule has 5 heteroatoms. The molecule has 2 aromatic rings. The maximum Gasteiger partial charge on any atom is 0.310 e. The molecule has 2 aliphatic rings. The number of aliphatic carboxylic acids is 1. The lowest BCUT2D eigenvalue weighted by Crippen LogP contribution is -2.31. The van der Waals surface area contributed by atoms with Gasteiger partial charge in [-0.15, -0.1) is 0 Å². The Morgan fingerprint density at radius 1 is 1.38 bits per heavy atom. The fourth-order valence-corrected chi connectivity index (χ4v) is 3.69. The molecule has 2 fully saturated rings. The highest BCUT2D eigenvalue weighted by Crippen LogP contribution is 2.44. The molecule has 0 aromatic carbocycles. The molecule has 2 aliphatic carbocycles. The van der Waals surface area contributed by atoms with Crippen LogP contribution in [0.2, 0.25) is 0 Å². The van der Waals surface area contributed by atoms with Crippen molar-refractivity contribution in [1.82, 2.24) is 14.5 Å². The number of carbonyl (C=O) groups is 1. The van der Waals surface area contributed by atoms with E-state index in [9.17, 15) is 9.90 Å². The molecule has 0 amide bonds. The zero-order chi connectivity index (χ0) is 14.4. The second-order valence-corrected chi connectivity index (χ2v) is 6.46. The predicted molar refractivity (Wildman–Crippen MR) is 78.0 cm³/mol. The van der Waals surface area contributed by atoms with Crippen LogP contribution in [0.25, 0.3) is 11.0 Å². The zero-order valence-corrected chi connectivity index (χ0v) is 12.0. The third kappa shape index (κ3) is 2.03. The summed E-state index contributed by atoms with van der Waals surface area (Å²) in [6.45, 7) is 0. The molecular weight excluding hydrogens is 266 g/mol. The van der Waals surface area contributed by atoms with Crippen LogP contribution in [0.15, 0.2) is 18.5 Å². The summed E-state index contributed by atoms with van der Waals surface area (Å²) < 4.78 is 2.26. The number of carboxylic acids is 1. The third-order valence-corrected chi connectivity index (χ3v) is 4.99. The second kappa shape index (κ2) is 4.55. The van der Waals surface area contributed by atoms with Gasteiger partial charge >= 0.3 is 5.97 Å². The average Bonchev–Trinajstić information content (AvgIpc) is 3.07. The Balaban J connectivity index is 1.79. The Bertz CT molecular complexity index is 697. The monoisotopic (exact) mass is 285 g/mol. The van der Waals surface area contributed by atoms with Crippen molar-refractivity contribution < 1.29 is 9.90 Å². The van der Waals surface area contributed by atoms with Crippen molar-refractivity contribution in [1.29, 1.82) is 0 Å². The van der Waals surface area contributed by atoms with Gasteiger partial charge in [-0.1, -0.05) is 12.8 Å². The van der Waals surface area contributed by atoms with Gasteiger partial charge in [-0.2, -0.15) is 0 Å². The van der Waals surface area contributed by atoms with Gasteiger partial charge in [0.15, 0.2) is 0 Å². The molecule has 2 heterocycles. The van der Waals surface area contributed by atoms with Crippen LogP contribution in [0.5, 0.6) is 0 Å². The topological polar surface area (TPSA) is 68.0 Å². The number of aromatic nitrogens is 3. The highest BCUT2D eigenvalue weighted by Gasteiger charge is 2.43. The van der Waals surface area contributed by atoms with Gasteiger partial charge in [0.1, 0.15) is 11.3 Å². The van der Waals surface area contributed by atoms with E-state index in [1.165, 1.54) is 12.8 Å². The number of carboxylic acid groups (broad SMARTS) is 1. The molecule has 0 spiro atoms. The lowest BCUT2D eigenvalue weighted by atomic mass is 9.82. The summed E-state index contributed by atoms with van der Waals surface area (Å²) >= 11 is 0. The van der Waals surface area contributed by atoms with Gasteiger partial charge in [0.05, 0.1) is 17.1 Å². The molecule has 0 radical (unpaired) electrons. The Morgan fingerprint density at radius 2 is 2.14 bits per heavy atom. The average molecular weight is 285 g/mol. The van der Waals surface area contributed by atoms with E-state index in [0.29, 0.717) is 12.5 Å². The molecule has 0 unspecified atom stereocenters. The van der Waals surface area contributed by atoms with Crippen molar-refractivity contribution in [2.45, 2.75) is 51.0 Å². The maximum atomic E-state index is 11.8. The summed E-state index contributed by atoms with van der Waals surface area (Å²) in [6.07, 6.45) is 10.0. The number of pyridine rings is 1. The van der Waals surface area contributed by atoms with Crippen LogP contribution in [-0.4, -0.2) is 25.6 Å². The number of rotatable bonds is 4. The van der Waals surface area contributed by atoms with Crippen LogP contribution in [-0.2, 0) is 11.2 Å². The minimum Gasteiger partial charge on any atom is -0.481 e. The van der Waals surface area contributed by atoms with Gasteiger partial charge in [-0.25, -0.2) is 4.98 Å². The van der Waals surface area contributed by atoms with E-state index in [-0.39, 0.29) is 0 Å². The number of hydrogen-bond donors (Lipinski definition) is 1. The molecule has 2 saturated carbocycles. The first-order valence-corrected chi connectivity index (χ1v) is 7.74. The second-order valence-electron chi connectivity index (χ2n) is 6.46. The Morgan fingerprint density at radius 3 is 2.81 bits per heavy atom. The standard InChI is InChI=1S/C16H19N3O2/c20-15(21)16(6-1-2-7-16)9-14-18-12-10-17-8-5-13(12)19(14)11-3-4-11/h5,8,10-11H,1-4,6-7,9H2,(H,20,21).